The lowest BCUT2D eigenvalue weighted by molar-refractivity contribution is 0.0691. The van der Waals surface area contributed by atoms with Crippen LogP contribution in [0.3, 0.4) is 0 Å². The summed E-state index contributed by atoms with van der Waals surface area (Å²) >= 11 is 6.10. The van der Waals surface area contributed by atoms with Crippen LogP contribution in [-0.4, -0.2) is 17.7 Å². The van der Waals surface area contributed by atoms with Crippen molar-refractivity contribution in [2.45, 2.75) is 32.8 Å². The van der Waals surface area contributed by atoms with Crippen LogP contribution in [0.4, 0.5) is 13.2 Å². The third-order valence-corrected chi connectivity index (χ3v) is 4.48. The van der Waals surface area contributed by atoms with Crippen molar-refractivity contribution < 1.29 is 27.8 Å². The first-order valence-electron chi connectivity index (χ1n) is 8.53. The summed E-state index contributed by atoms with van der Waals surface area (Å²) < 4.78 is 47.9. The average Bonchev–Trinajstić information content (AvgIpc) is 2.60. The molecule has 28 heavy (non-hydrogen) atoms. The van der Waals surface area contributed by atoms with Gasteiger partial charge >= 0.3 is 5.97 Å². The second-order valence-corrected chi connectivity index (χ2v) is 6.45. The summed E-state index contributed by atoms with van der Waals surface area (Å²) in [5.74, 6) is -4.97. The van der Waals surface area contributed by atoms with Crippen LogP contribution in [0.1, 0.15) is 47.7 Å². The molecule has 0 aliphatic rings. The number of nitriles is 1. The van der Waals surface area contributed by atoms with Crippen molar-refractivity contribution in [2.75, 3.05) is 6.61 Å². The highest BCUT2D eigenvalue weighted by atomic mass is 35.5. The lowest BCUT2D eigenvalue weighted by atomic mass is 9.95. The Kier molecular flexibility index (Phi) is 7.44. The van der Waals surface area contributed by atoms with Gasteiger partial charge in [-0.15, -0.1) is 0 Å². The fourth-order valence-electron chi connectivity index (χ4n) is 2.75. The Balaban J connectivity index is 2.58. The Morgan fingerprint density at radius 2 is 1.82 bits per heavy atom. The monoisotopic (exact) mass is 411 g/mol. The Hall–Kier alpha value is -2.56. The lowest BCUT2D eigenvalue weighted by Gasteiger charge is -2.16. The molecule has 0 amide bonds. The van der Waals surface area contributed by atoms with E-state index in [1.54, 1.807) is 0 Å². The van der Waals surface area contributed by atoms with E-state index in [0.29, 0.717) is 6.61 Å². The smallest absolute Gasteiger partial charge is 0.340 e. The van der Waals surface area contributed by atoms with Gasteiger partial charge in [0.25, 0.3) is 0 Å². The van der Waals surface area contributed by atoms with E-state index in [2.05, 4.69) is 0 Å². The van der Waals surface area contributed by atoms with Crippen molar-refractivity contribution in [1.82, 2.24) is 0 Å². The number of halogens is 4. The third kappa shape index (κ3) is 4.64. The molecular weight excluding hydrogens is 395 g/mol. The zero-order valence-electron chi connectivity index (χ0n) is 15.0. The molecule has 0 saturated carbocycles. The Morgan fingerprint density at radius 3 is 2.36 bits per heavy atom. The number of rotatable bonds is 8. The molecule has 0 saturated heterocycles. The van der Waals surface area contributed by atoms with Crippen molar-refractivity contribution in [2.24, 2.45) is 0 Å². The summed E-state index contributed by atoms with van der Waals surface area (Å²) in [6.45, 7) is 2.27. The average molecular weight is 412 g/mol. The number of hydrogen-bond acceptors (Lipinski definition) is 3. The SMILES string of the molecule is CCCCCOCc1cc(F)c(C(=O)O)c(Cl)c1-c1cc(F)c(C#N)c(F)c1. The third-order valence-electron chi connectivity index (χ3n) is 4.11. The molecule has 2 aromatic rings. The van der Waals surface area contributed by atoms with Crippen LogP contribution in [0.2, 0.25) is 5.02 Å². The second kappa shape index (κ2) is 9.58. The van der Waals surface area contributed by atoms with E-state index in [1.807, 2.05) is 6.92 Å². The summed E-state index contributed by atoms with van der Waals surface area (Å²) in [4.78, 5) is 11.4. The molecular formula is C20H17ClF3NO3. The van der Waals surface area contributed by atoms with Crippen molar-refractivity contribution in [3.63, 3.8) is 0 Å². The minimum atomic E-state index is -1.62. The largest absolute Gasteiger partial charge is 0.478 e. The molecule has 1 N–H and O–H groups in total. The minimum Gasteiger partial charge on any atom is -0.478 e. The summed E-state index contributed by atoms with van der Waals surface area (Å²) in [6, 6.07) is 4.04. The predicted molar refractivity (Wildman–Crippen MR) is 97.6 cm³/mol. The molecule has 4 nitrogen and oxygen atoms in total. The van der Waals surface area contributed by atoms with E-state index in [0.717, 1.165) is 37.5 Å². The maximum atomic E-state index is 14.3. The Morgan fingerprint density at radius 1 is 1.18 bits per heavy atom. The van der Waals surface area contributed by atoms with Gasteiger partial charge in [-0.1, -0.05) is 31.4 Å². The molecule has 2 aromatic carbocycles. The highest BCUT2D eigenvalue weighted by Gasteiger charge is 2.24. The first-order valence-corrected chi connectivity index (χ1v) is 8.91. The van der Waals surface area contributed by atoms with Gasteiger partial charge in [0.2, 0.25) is 0 Å². The molecule has 0 unspecified atom stereocenters. The van der Waals surface area contributed by atoms with Crippen LogP contribution in [0, 0.1) is 28.8 Å². The van der Waals surface area contributed by atoms with E-state index in [4.69, 9.17) is 21.6 Å². The first kappa shape index (κ1) is 21.7. The van der Waals surface area contributed by atoms with Gasteiger partial charge in [0, 0.05) is 12.2 Å². The number of nitrogens with zero attached hydrogens (tertiary/aromatic N) is 1. The molecule has 0 bridgehead atoms. The number of aromatic carboxylic acids is 1. The van der Waals surface area contributed by atoms with E-state index in [1.165, 1.54) is 6.07 Å². The molecule has 0 spiro atoms. The highest BCUT2D eigenvalue weighted by Crippen LogP contribution is 2.37. The van der Waals surface area contributed by atoms with Gasteiger partial charge in [-0.05, 0) is 35.7 Å². The van der Waals surface area contributed by atoms with E-state index in [-0.39, 0.29) is 23.3 Å². The van der Waals surface area contributed by atoms with Gasteiger partial charge in [-0.3, -0.25) is 0 Å². The van der Waals surface area contributed by atoms with Crippen molar-refractivity contribution in [3.05, 3.63) is 57.4 Å². The number of carboxylic acids is 1. The van der Waals surface area contributed by atoms with Gasteiger partial charge < -0.3 is 9.84 Å². The van der Waals surface area contributed by atoms with Crippen LogP contribution in [0.25, 0.3) is 11.1 Å². The van der Waals surface area contributed by atoms with Crippen LogP contribution in [-0.2, 0) is 11.3 Å². The van der Waals surface area contributed by atoms with Gasteiger partial charge in [0.15, 0.2) is 0 Å². The first-order chi connectivity index (χ1) is 13.3. The standard InChI is InChI=1S/C20H17ClF3NO3/c1-2-3-4-5-28-10-12-8-16(24)18(20(26)27)19(21)17(12)11-6-14(22)13(9-25)15(23)7-11/h6-8H,2-5,10H2,1H3,(H,26,27). The number of unbranched alkanes of at least 4 members (excludes halogenated alkanes) is 2. The molecule has 8 heteroatoms. The maximum Gasteiger partial charge on any atom is 0.340 e. The number of benzene rings is 2. The molecule has 0 radical (unpaired) electrons. The molecule has 148 valence electrons. The second-order valence-electron chi connectivity index (χ2n) is 6.07. The minimum absolute atomic E-state index is 0.0572. The van der Waals surface area contributed by atoms with Gasteiger partial charge in [-0.25, -0.2) is 18.0 Å². The maximum absolute atomic E-state index is 14.3. The predicted octanol–water partition coefficient (Wildman–Crippen LogP) is 5.70. The zero-order valence-corrected chi connectivity index (χ0v) is 15.7. The molecule has 0 aromatic heterocycles. The summed E-state index contributed by atoms with van der Waals surface area (Å²) in [5.41, 5.74) is -1.62. The molecule has 0 atom stereocenters. The van der Waals surface area contributed by atoms with Crippen LogP contribution in [0.5, 0.6) is 0 Å². The Labute approximate surface area is 165 Å². The van der Waals surface area contributed by atoms with E-state index >= 15 is 0 Å². The van der Waals surface area contributed by atoms with Crippen molar-refractivity contribution in [3.8, 4) is 17.2 Å². The summed E-state index contributed by atoms with van der Waals surface area (Å²) in [7, 11) is 0. The molecule has 2 rings (SSSR count). The molecule has 0 heterocycles. The normalized spacial score (nSPS) is 10.7. The van der Waals surface area contributed by atoms with Crippen LogP contribution < -0.4 is 0 Å². The fraction of sp³-hybridized carbons (Fsp3) is 0.300. The number of ether oxygens (including phenoxy) is 1. The van der Waals surface area contributed by atoms with Crippen molar-refractivity contribution in [1.29, 1.82) is 5.26 Å². The van der Waals surface area contributed by atoms with Gasteiger partial charge in [-0.2, -0.15) is 5.26 Å². The number of hydrogen-bond donors (Lipinski definition) is 1. The van der Waals surface area contributed by atoms with E-state index < -0.39 is 39.6 Å². The topological polar surface area (TPSA) is 70.3 Å². The quantitative estimate of drug-likeness (QED) is 0.565. The Bertz CT molecular complexity index is 918. The van der Waals surface area contributed by atoms with Crippen LogP contribution >= 0.6 is 11.6 Å². The van der Waals surface area contributed by atoms with Crippen molar-refractivity contribution >= 4 is 17.6 Å². The summed E-state index contributed by atoms with van der Waals surface area (Å²) in [5, 5.41) is 17.5. The summed E-state index contributed by atoms with van der Waals surface area (Å²) in [6.07, 6.45) is 2.69. The molecule has 0 aliphatic carbocycles. The van der Waals surface area contributed by atoms with E-state index in [9.17, 15) is 23.1 Å². The van der Waals surface area contributed by atoms with Gasteiger partial charge in [0.1, 0.15) is 34.6 Å². The number of carboxylic acid groups (broad SMARTS) is 1. The van der Waals surface area contributed by atoms with Gasteiger partial charge in [0.05, 0.1) is 11.6 Å². The molecule has 0 aliphatic heterocycles. The fourth-order valence-corrected chi connectivity index (χ4v) is 3.15. The highest BCUT2D eigenvalue weighted by molar-refractivity contribution is 6.36. The van der Waals surface area contributed by atoms with Crippen LogP contribution in [0.15, 0.2) is 18.2 Å². The molecule has 0 fully saturated rings. The zero-order chi connectivity index (χ0) is 20.8. The lowest BCUT2D eigenvalue weighted by Crippen LogP contribution is -2.07. The number of carbonyl (C=O) groups is 1.